The van der Waals surface area contributed by atoms with E-state index in [9.17, 15) is 0 Å². The Labute approximate surface area is 106 Å². The van der Waals surface area contributed by atoms with Gasteiger partial charge in [0, 0.05) is 33.3 Å². The number of imidazole rings is 1. The topological polar surface area (TPSA) is 32.6 Å². The van der Waals surface area contributed by atoms with Crippen molar-refractivity contribution in [2.45, 2.75) is 6.42 Å². The molecule has 0 amide bonds. The van der Waals surface area contributed by atoms with Gasteiger partial charge in [-0.3, -0.25) is 0 Å². The van der Waals surface area contributed by atoms with Crippen LogP contribution in [-0.4, -0.2) is 37.1 Å². The lowest BCUT2D eigenvalue weighted by molar-refractivity contribution is 0.753. The maximum atomic E-state index is 6.12. The molecule has 0 unspecified atom stereocenters. The normalized spacial score (nSPS) is 11.1. The summed E-state index contributed by atoms with van der Waals surface area (Å²) in [5, 5.41) is 3.69. The quantitative estimate of drug-likeness (QED) is 0.901. The van der Waals surface area contributed by atoms with Crippen LogP contribution in [0.1, 0.15) is 5.82 Å². The van der Waals surface area contributed by atoms with Crippen LogP contribution in [0.4, 0.5) is 5.69 Å². The number of anilines is 1. The van der Waals surface area contributed by atoms with Crippen LogP contribution < -0.4 is 10.2 Å². The van der Waals surface area contributed by atoms with Gasteiger partial charge in [0.15, 0.2) is 5.15 Å². The number of aromatic nitrogens is 2. The molecule has 0 radical (unpaired) electrons. The summed E-state index contributed by atoms with van der Waals surface area (Å²) in [6.45, 7) is 0.891. The van der Waals surface area contributed by atoms with Crippen LogP contribution >= 0.6 is 11.6 Å². The summed E-state index contributed by atoms with van der Waals surface area (Å²) >= 11 is 6.12. The predicted octanol–water partition coefficient (Wildman–Crippen LogP) is 1.82. The fraction of sp³-hybridized carbons (Fsp3) is 0.417. The summed E-state index contributed by atoms with van der Waals surface area (Å²) in [4.78, 5) is 6.46. The van der Waals surface area contributed by atoms with Crippen molar-refractivity contribution in [1.29, 1.82) is 0 Å². The fourth-order valence-corrected chi connectivity index (χ4v) is 2.02. The van der Waals surface area contributed by atoms with E-state index in [1.54, 1.807) is 0 Å². The minimum absolute atomic E-state index is 0.571. The predicted molar refractivity (Wildman–Crippen MR) is 72.2 cm³/mol. The summed E-state index contributed by atoms with van der Waals surface area (Å²) in [7, 11) is 5.97. The zero-order valence-electron chi connectivity index (χ0n) is 10.4. The van der Waals surface area contributed by atoms with E-state index >= 15 is 0 Å². The molecule has 5 heteroatoms. The molecule has 0 aliphatic heterocycles. The minimum atomic E-state index is 0.571. The lowest BCUT2D eigenvalue weighted by Gasteiger charge is -2.13. The van der Waals surface area contributed by atoms with E-state index in [0.717, 1.165) is 30.0 Å². The molecular weight excluding hydrogens is 236 g/mol. The Morgan fingerprint density at radius 2 is 2.18 bits per heavy atom. The smallest absolute Gasteiger partial charge is 0.155 e. The molecule has 0 aliphatic rings. The molecular formula is C12H17ClN4. The second-order valence-corrected chi connectivity index (χ2v) is 4.57. The van der Waals surface area contributed by atoms with Crippen molar-refractivity contribution in [1.82, 2.24) is 14.7 Å². The van der Waals surface area contributed by atoms with E-state index in [-0.39, 0.29) is 0 Å². The van der Waals surface area contributed by atoms with E-state index in [1.165, 1.54) is 0 Å². The van der Waals surface area contributed by atoms with Crippen LogP contribution in [0, 0.1) is 0 Å². The Hall–Kier alpha value is -1.26. The first-order valence-corrected chi connectivity index (χ1v) is 5.99. The fourth-order valence-electron chi connectivity index (χ4n) is 1.77. The van der Waals surface area contributed by atoms with E-state index in [1.807, 2.05) is 33.3 Å². The van der Waals surface area contributed by atoms with Crippen LogP contribution in [-0.2, 0) is 6.42 Å². The van der Waals surface area contributed by atoms with E-state index in [0.29, 0.717) is 5.15 Å². The zero-order chi connectivity index (χ0) is 12.4. The third-order valence-corrected chi connectivity index (χ3v) is 3.04. The lowest BCUT2D eigenvalue weighted by Crippen LogP contribution is -2.13. The molecule has 2 rings (SSSR count). The standard InChI is InChI=1S/C12H17ClN4/c1-14-7-6-11-15-12(13)10-5-4-9(16(2)3)8-17(10)11/h4-5,8,14H,6-7H2,1-3H3. The van der Waals surface area contributed by atoms with Crippen LogP contribution in [0.3, 0.4) is 0 Å². The molecule has 0 bridgehead atoms. The Balaban J connectivity index is 2.48. The average molecular weight is 253 g/mol. The molecule has 0 atom stereocenters. The van der Waals surface area contributed by atoms with Crippen molar-refractivity contribution in [2.75, 3.05) is 32.6 Å². The molecule has 0 fully saturated rings. The third kappa shape index (κ3) is 2.37. The van der Waals surface area contributed by atoms with Gasteiger partial charge in [0.2, 0.25) is 0 Å². The Morgan fingerprint density at radius 1 is 1.41 bits per heavy atom. The number of halogens is 1. The Bertz CT molecular complexity index is 518. The number of pyridine rings is 1. The van der Waals surface area contributed by atoms with Gasteiger partial charge in [0.25, 0.3) is 0 Å². The second kappa shape index (κ2) is 4.94. The zero-order valence-corrected chi connectivity index (χ0v) is 11.1. The molecule has 17 heavy (non-hydrogen) atoms. The van der Waals surface area contributed by atoms with Crippen molar-refractivity contribution >= 4 is 22.8 Å². The SMILES string of the molecule is CNCCc1nc(Cl)c2ccc(N(C)C)cn12. The third-order valence-electron chi connectivity index (χ3n) is 2.76. The van der Waals surface area contributed by atoms with Crippen molar-refractivity contribution < 1.29 is 0 Å². The number of fused-ring (bicyclic) bond motifs is 1. The number of hydrogen-bond acceptors (Lipinski definition) is 3. The van der Waals surface area contributed by atoms with Gasteiger partial charge < -0.3 is 14.6 Å². The van der Waals surface area contributed by atoms with E-state index in [2.05, 4.69) is 25.8 Å². The molecule has 2 heterocycles. The first-order chi connectivity index (χ1) is 8.13. The van der Waals surface area contributed by atoms with Crippen molar-refractivity contribution in [3.63, 3.8) is 0 Å². The first-order valence-electron chi connectivity index (χ1n) is 5.62. The maximum Gasteiger partial charge on any atom is 0.155 e. The number of rotatable bonds is 4. The van der Waals surface area contributed by atoms with Gasteiger partial charge in [-0.2, -0.15) is 0 Å². The van der Waals surface area contributed by atoms with Gasteiger partial charge in [-0.15, -0.1) is 0 Å². The van der Waals surface area contributed by atoms with Crippen LogP contribution in [0.2, 0.25) is 5.15 Å². The molecule has 2 aromatic rings. The molecule has 2 aromatic heterocycles. The van der Waals surface area contributed by atoms with E-state index < -0.39 is 0 Å². The second-order valence-electron chi connectivity index (χ2n) is 4.21. The lowest BCUT2D eigenvalue weighted by atomic mass is 10.3. The Morgan fingerprint density at radius 3 is 2.82 bits per heavy atom. The monoisotopic (exact) mass is 252 g/mol. The molecule has 0 saturated carbocycles. The van der Waals surface area contributed by atoms with Crippen molar-refractivity contribution in [3.8, 4) is 0 Å². The van der Waals surface area contributed by atoms with Crippen LogP contribution in [0.5, 0.6) is 0 Å². The largest absolute Gasteiger partial charge is 0.376 e. The molecule has 92 valence electrons. The van der Waals surface area contributed by atoms with Gasteiger partial charge in [0.05, 0.1) is 11.2 Å². The first kappa shape index (κ1) is 12.2. The van der Waals surface area contributed by atoms with Crippen molar-refractivity contribution in [3.05, 3.63) is 29.3 Å². The highest BCUT2D eigenvalue weighted by molar-refractivity contribution is 6.32. The van der Waals surface area contributed by atoms with Crippen LogP contribution in [0.25, 0.3) is 5.52 Å². The minimum Gasteiger partial charge on any atom is -0.376 e. The summed E-state index contributed by atoms with van der Waals surface area (Å²) in [5.74, 6) is 0.989. The number of nitrogens with one attached hydrogen (secondary N) is 1. The molecule has 0 saturated heterocycles. The average Bonchev–Trinajstić information content (AvgIpc) is 2.63. The highest BCUT2D eigenvalue weighted by atomic mass is 35.5. The van der Waals surface area contributed by atoms with Gasteiger partial charge in [-0.25, -0.2) is 4.98 Å². The molecule has 1 N–H and O–H groups in total. The number of nitrogens with zero attached hydrogens (tertiary/aromatic N) is 3. The molecule has 0 aromatic carbocycles. The summed E-state index contributed by atoms with van der Waals surface area (Å²) in [6.07, 6.45) is 2.93. The summed E-state index contributed by atoms with van der Waals surface area (Å²) < 4.78 is 2.06. The summed E-state index contributed by atoms with van der Waals surface area (Å²) in [5.41, 5.74) is 2.10. The molecule has 0 aliphatic carbocycles. The van der Waals surface area contributed by atoms with Gasteiger partial charge in [0.1, 0.15) is 5.82 Å². The number of likely N-dealkylation sites (N-methyl/N-ethyl adjacent to an activating group) is 1. The summed E-state index contributed by atoms with van der Waals surface area (Å²) in [6, 6.07) is 4.05. The van der Waals surface area contributed by atoms with Gasteiger partial charge in [-0.1, -0.05) is 11.6 Å². The Kier molecular flexibility index (Phi) is 3.54. The number of hydrogen-bond donors (Lipinski definition) is 1. The maximum absolute atomic E-state index is 6.12. The van der Waals surface area contributed by atoms with Gasteiger partial charge >= 0.3 is 0 Å². The van der Waals surface area contributed by atoms with Crippen LogP contribution in [0.15, 0.2) is 18.3 Å². The van der Waals surface area contributed by atoms with Crippen molar-refractivity contribution in [2.24, 2.45) is 0 Å². The molecule has 4 nitrogen and oxygen atoms in total. The highest BCUT2D eigenvalue weighted by Crippen LogP contribution is 2.22. The molecule has 0 spiro atoms. The van der Waals surface area contributed by atoms with Gasteiger partial charge in [-0.05, 0) is 19.2 Å². The van der Waals surface area contributed by atoms with E-state index in [4.69, 9.17) is 11.6 Å². The highest BCUT2D eigenvalue weighted by Gasteiger charge is 2.09.